The van der Waals surface area contributed by atoms with Gasteiger partial charge in [-0.05, 0) is 61.9 Å². The quantitative estimate of drug-likeness (QED) is 0.596. The van der Waals surface area contributed by atoms with Crippen molar-refractivity contribution < 1.29 is 19.1 Å². The largest absolute Gasteiger partial charge is 0.452 e. The fourth-order valence-electron chi connectivity index (χ4n) is 3.61. The Labute approximate surface area is 182 Å². The number of esters is 1. The number of hydrogen-bond acceptors (Lipinski definition) is 4. The number of carbonyl (C=O) groups excluding carboxylic acids is 3. The Bertz CT molecular complexity index is 925. The molecule has 1 atom stereocenters. The second-order valence-corrected chi connectivity index (χ2v) is 7.97. The number of carbonyl (C=O) groups is 3. The topological polar surface area (TPSA) is 96.5 Å². The minimum Gasteiger partial charge on any atom is -0.452 e. The van der Waals surface area contributed by atoms with E-state index < -0.39 is 5.97 Å². The summed E-state index contributed by atoms with van der Waals surface area (Å²) in [6.45, 7) is 3.79. The molecule has 164 valence electrons. The van der Waals surface area contributed by atoms with Gasteiger partial charge in [0.2, 0.25) is 0 Å². The first kappa shape index (κ1) is 22.3. The van der Waals surface area contributed by atoms with E-state index in [-0.39, 0.29) is 30.6 Å². The monoisotopic (exact) mass is 423 g/mol. The molecule has 31 heavy (non-hydrogen) atoms. The highest BCUT2D eigenvalue weighted by molar-refractivity contribution is 5.91. The predicted octanol–water partition coefficient (Wildman–Crippen LogP) is 3.24. The SMILES string of the molecule is CC(C)NC(=O)NCc1ccc(C(=O)OCC(=O)N[C@H]2CCCc3ccccc32)cc1. The lowest BCUT2D eigenvalue weighted by atomic mass is 9.88. The summed E-state index contributed by atoms with van der Waals surface area (Å²) in [5.41, 5.74) is 3.60. The number of aryl methyl sites for hydroxylation is 1. The molecule has 2 aromatic rings. The molecule has 0 saturated heterocycles. The summed E-state index contributed by atoms with van der Waals surface area (Å²) in [5.74, 6) is -0.872. The predicted molar refractivity (Wildman–Crippen MR) is 117 cm³/mol. The van der Waals surface area contributed by atoms with Crippen molar-refractivity contribution in [3.8, 4) is 0 Å². The summed E-state index contributed by atoms with van der Waals surface area (Å²) >= 11 is 0. The average molecular weight is 424 g/mol. The van der Waals surface area contributed by atoms with Crippen LogP contribution in [0.4, 0.5) is 4.79 Å². The van der Waals surface area contributed by atoms with Crippen molar-refractivity contribution in [3.05, 3.63) is 70.8 Å². The molecule has 7 heteroatoms. The molecule has 0 aromatic heterocycles. The maximum atomic E-state index is 12.3. The second kappa shape index (κ2) is 10.6. The number of fused-ring (bicyclic) bond motifs is 1. The van der Waals surface area contributed by atoms with Crippen molar-refractivity contribution in [2.75, 3.05) is 6.61 Å². The Morgan fingerprint density at radius 2 is 1.81 bits per heavy atom. The first-order valence-electron chi connectivity index (χ1n) is 10.6. The molecule has 1 aliphatic carbocycles. The molecule has 2 aromatic carbocycles. The third-order valence-electron chi connectivity index (χ3n) is 5.10. The van der Waals surface area contributed by atoms with Crippen molar-refractivity contribution in [1.29, 1.82) is 0 Å². The van der Waals surface area contributed by atoms with E-state index in [1.807, 2.05) is 32.0 Å². The lowest BCUT2D eigenvalue weighted by Gasteiger charge is -2.26. The molecule has 0 fully saturated rings. The molecular weight excluding hydrogens is 394 g/mol. The van der Waals surface area contributed by atoms with Gasteiger partial charge in [0, 0.05) is 12.6 Å². The number of ether oxygens (including phenoxy) is 1. The molecule has 0 radical (unpaired) electrons. The molecule has 0 spiro atoms. The van der Waals surface area contributed by atoms with Crippen LogP contribution in [0.15, 0.2) is 48.5 Å². The minimum absolute atomic E-state index is 0.0455. The van der Waals surface area contributed by atoms with Gasteiger partial charge in [0.15, 0.2) is 6.61 Å². The van der Waals surface area contributed by atoms with Gasteiger partial charge in [0.25, 0.3) is 5.91 Å². The standard InChI is InChI=1S/C24H29N3O4/c1-16(2)26-24(30)25-14-17-10-12-19(13-11-17)23(29)31-15-22(28)27-21-9-5-7-18-6-3-4-8-20(18)21/h3-4,6,8,10-13,16,21H,5,7,9,14-15H2,1-2H3,(H,27,28)(H2,25,26,30)/t21-/m0/s1. The zero-order valence-corrected chi connectivity index (χ0v) is 17.9. The number of rotatable bonds is 7. The van der Waals surface area contributed by atoms with E-state index in [4.69, 9.17) is 4.74 Å². The van der Waals surface area contributed by atoms with Crippen LogP contribution in [0.1, 0.15) is 59.8 Å². The van der Waals surface area contributed by atoms with Crippen LogP contribution >= 0.6 is 0 Å². The molecule has 0 unspecified atom stereocenters. The van der Waals surface area contributed by atoms with Crippen molar-refractivity contribution in [3.63, 3.8) is 0 Å². The Balaban J connectivity index is 1.45. The van der Waals surface area contributed by atoms with E-state index in [0.717, 1.165) is 30.4 Å². The van der Waals surface area contributed by atoms with Gasteiger partial charge in [-0.2, -0.15) is 0 Å². The van der Waals surface area contributed by atoms with Crippen LogP contribution in [0.25, 0.3) is 0 Å². The average Bonchev–Trinajstić information content (AvgIpc) is 2.76. The van der Waals surface area contributed by atoms with Gasteiger partial charge in [-0.25, -0.2) is 9.59 Å². The third kappa shape index (κ3) is 6.57. The van der Waals surface area contributed by atoms with Crippen LogP contribution in [0.2, 0.25) is 0 Å². The van der Waals surface area contributed by atoms with E-state index in [1.165, 1.54) is 5.56 Å². The van der Waals surface area contributed by atoms with Gasteiger partial charge in [0.1, 0.15) is 0 Å². The number of nitrogens with one attached hydrogen (secondary N) is 3. The van der Waals surface area contributed by atoms with Crippen molar-refractivity contribution in [1.82, 2.24) is 16.0 Å². The van der Waals surface area contributed by atoms with Crippen molar-refractivity contribution >= 4 is 17.9 Å². The molecule has 3 rings (SSSR count). The van der Waals surface area contributed by atoms with Gasteiger partial charge in [0.05, 0.1) is 11.6 Å². The second-order valence-electron chi connectivity index (χ2n) is 7.97. The van der Waals surface area contributed by atoms with Crippen LogP contribution in [-0.2, 0) is 22.5 Å². The molecule has 3 N–H and O–H groups in total. The van der Waals surface area contributed by atoms with Gasteiger partial charge in [-0.1, -0.05) is 36.4 Å². The Kier molecular flexibility index (Phi) is 7.65. The Morgan fingerprint density at radius 1 is 1.06 bits per heavy atom. The first-order chi connectivity index (χ1) is 14.9. The number of urea groups is 1. The smallest absolute Gasteiger partial charge is 0.338 e. The normalized spacial score (nSPS) is 15.0. The van der Waals surface area contributed by atoms with E-state index in [2.05, 4.69) is 22.0 Å². The van der Waals surface area contributed by atoms with Crippen molar-refractivity contribution in [2.45, 2.75) is 51.7 Å². The first-order valence-corrected chi connectivity index (χ1v) is 10.6. The number of hydrogen-bond donors (Lipinski definition) is 3. The maximum absolute atomic E-state index is 12.3. The molecule has 0 aliphatic heterocycles. The third-order valence-corrected chi connectivity index (χ3v) is 5.10. The number of amides is 3. The van der Waals surface area contributed by atoms with Gasteiger partial charge >= 0.3 is 12.0 Å². The van der Waals surface area contributed by atoms with Crippen LogP contribution in [0.5, 0.6) is 0 Å². The molecule has 0 heterocycles. The molecule has 0 saturated carbocycles. The summed E-state index contributed by atoms with van der Waals surface area (Å²) < 4.78 is 5.17. The summed E-state index contributed by atoms with van der Waals surface area (Å²) in [5, 5.41) is 8.46. The van der Waals surface area contributed by atoms with Gasteiger partial charge < -0.3 is 20.7 Å². The molecule has 7 nitrogen and oxygen atoms in total. The summed E-state index contributed by atoms with van der Waals surface area (Å²) in [6, 6.07) is 14.6. The van der Waals surface area contributed by atoms with Crippen molar-refractivity contribution in [2.24, 2.45) is 0 Å². The lowest BCUT2D eigenvalue weighted by Crippen LogP contribution is -2.39. The molecular formula is C24H29N3O4. The fraction of sp³-hybridized carbons (Fsp3) is 0.375. The van der Waals surface area contributed by atoms with Gasteiger partial charge in [-0.3, -0.25) is 4.79 Å². The highest BCUT2D eigenvalue weighted by atomic mass is 16.5. The van der Waals surface area contributed by atoms with Crippen LogP contribution < -0.4 is 16.0 Å². The highest BCUT2D eigenvalue weighted by Crippen LogP contribution is 2.29. The van der Waals surface area contributed by atoms with Crippen LogP contribution in [0, 0.1) is 0 Å². The zero-order valence-electron chi connectivity index (χ0n) is 17.9. The van der Waals surface area contributed by atoms with E-state index in [0.29, 0.717) is 12.1 Å². The van der Waals surface area contributed by atoms with E-state index >= 15 is 0 Å². The van der Waals surface area contributed by atoms with E-state index in [1.54, 1.807) is 24.3 Å². The zero-order chi connectivity index (χ0) is 22.2. The van der Waals surface area contributed by atoms with Gasteiger partial charge in [-0.15, -0.1) is 0 Å². The maximum Gasteiger partial charge on any atom is 0.338 e. The number of benzene rings is 2. The van der Waals surface area contributed by atoms with E-state index in [9.17, 15) is 14.4 Å². The molecule has 1 aliphatic rings. The summed E-state index contributed by atoms with van der Waals surface area (Å²) in [6.07, 6.45) is 2.91. The lowest BCUT2D eigenvalue weighted by molar-refractivity contribution is -0.125. The Hall–Kier alpha value is -3.35. The highest BCUT2D eigenvalue weighted by Gasteiger charge is 2.22. The Morgan fingerprint density at radius 3 is 2.55 bits per heavy atom. The molecule has 3 amide bonds. The van der Waals surface area contributed by atoms with Crippen LogP contribution in [-0.4, -0.2) is 30.6 Å². The minimum atomic E-state index is -0.559. The summed E-state index contributed by atoms with van der Waals surface area (Å²) in [7, 11) is 0. The van der Waals surface area contributed by atoms with Crippen LogP contribution in [0.3, 0.4) is 0 Å². The fourth-order valence-corrected chi connectivity index (χ4v) is 3.61. The molecule has 0 bridgehead atoms. The summed E-state index contributed by atoms with van der Waals surface area (Å²) in [4.78, 5) is 36.2.